The van der Waals surface area contributed by atoms with Gasteiger partial charge in [0, 0.05) is 23.3 Å². The van der Waals surface area contributed by atoms with Crippen LogP contribution in [0.25, 0.3) is 0 Å². The maximum atomic E-state index is 12.8. The molecule has 0 radical (unpaired) electrons. The van der Waals surface area contributed by atoms with Gasteiger partial charge in [-0.15, -0.1) is 22.9 Å². The molecule has 6 heteroatoms. The van der Waals surface area contributed by atoms with Crippen LogP contribution in [0.4, 0.5) is 0 Å². The van der Waals surface area contributed by atoms with Crippen LogP contribution in [0, 0.1) is 0 Å². The van der Waals surface area contributed by atoms with Gasteiger partial charge in [0.1, 0.15) is 4.21 Å². The minimum Gasteiger partial charge on any atom is -0.206 e. The molecule has 1 fully saturated rings. The van der Waals surface area contributed by atoms with Crippen LogP contribution in [0.15, 0.2) is 16.3 Å². The Hall–Kier alpha value is -0.100. The molecule has 1 saturated carbocycles. The van der Waals surface area contributed by atoms with E-state index in [2.05, 4.69) is 0 Å². The summed E-state index contributed by atoms with van der Waals surface area (Å²) in [5, 5.41) is 0. The molecule has 1 aliphatic carbocycles. The van der Waals surface area contributed by atoms with Gasteiger partial charge in [0.15, 0.2) is 0 Å². The molecule has 1 heterocycles. The first-order valence-corrected chi connectivity index (χ1v) is 10.0. The molecule has 0 N–H and O–H groups in total. The molecule has 0 aliphatic heterocycles. The molecular weight excluding hydrogens is 314 g/mol. The number of thiophene rings is 1. The van der Waals surface area contributed by atoms with Crippen LogP contribution in [0.3, 0.4) is 0 Å². The Kier molecular flexibility index (Phi) is 5.90. The van der Waals surface area contributed by atoms with Crippen molar-refractivity contribution in [3.63, 3.8) is 0 Å². The average molecular weight is 336 g/mol. The summed E-state index contributed by atoms with van der Waals surface area (Å²) in [7, 11) is -3.38. The van der Waals surface area contributed by atoms with Crippen LogP contribution in [-0.2, 0) is 16.4 Å². The smallest absolute Gasteiger partial charge is 0.206 e. The van der Waals surface area contributed by atoms with Crippen LogP contribution in [0.1, 0.15) is 43.9 Å². The van der Waals surface area contributed by atoms with Crippen LogP contribution in [-0.4, -0.2) is 31.2 Å². The topological polar surface area (TPSA) is 37.4 Å². The van der Waals surface area contributed by atoms with Crippen LogP contribution in [0.2, 0.25) is 0 Å². The lowest BCUT2D eigenvalue weighted by Gasteiger charge is -2.32. The Bertz CT molecular complexity index is 521. The van der Waals surface area contributed by atoms with Gasteiger partial charge >= 0.3 is 0 Å². The number of hydrogen-bond acceptors (Lipinski definition) is 3. The van der Waals surface area contributed by atoms with E-state index in [0.717, 1.165) is 37.0 Å². The van der Waals surface area contributed by atoms with E-state index in [1.165, 1.54) is 17.8 Å². The number of hydrogen-bond donors (Lipinski definition) is 0. The summed E-state index contributed by atoms with van der Waals surface area (Å²) in [6.45, 7) is 2.45. The highest BCUT2D eigenvalue weighted by Gasteiger charge is 2.32. The summed E-state index contributed by atoms with van der Waals surface area (Å²) in [6.07, 6.45) is 6.24. The first-order chi connectivity index (χ1) is 9.59. The molecule has 1 aliphatic rings. The maximum Gasteiger partial charge on any atom is 0.252 e. The van der Waals surface area contributed by atoms with E-state index in [0.29, 0.717) is 16.6 Å². The molecule has 0 atom stereocenters. The Balaban J connectivity index is 2.26. The van der Waals surface area contributed by atoms with E-state index in [-0.39, 0.29) is 6.04 Å². The summed E-state index contributed by atoms with van der Waals surface area (Å²) in [6, 6.07) is 3.78. The van der Waals surface area contributed by atoms with E-state index >= 15 is 0 Å². The second kappa shape index (κ2) is 7.25. The summed E-state index contributed by atoms with van der Waals surface area (Å²) in [5.74, 6) is 0.349. The Morgan fingerprint density at radius 2 is 2.00 bits per heavy atom. The fraction of sp³-hybridized carbons (Fsp3) is 0.714. The van der Waals surface area contributed by atoms with E-state index in [1.807, 2.05) is 13.0 Å². The lowest BCUT2D eigenvalue weighted by Crippen LogP contribution is -2.42. The quantitative estimate of drug-likeness (QED) is 0.740. The molecule has 0 bridgehead atoms. The molecule has 0 amide bonds. The second-order valence-corrected chi connectivity index (χ2v) is 8.83. The van der Waals surface area contributed by atoms with Crippen molar-refractivity contribution in [1.29, 1.82) is 0 Å². The third-order valence-electron chi connectivity index (χ3n) is 3.84. The van der Waals surface area contributed by atoms with Crippen LogP contribution >= 0.6 is 22.9 Å². The SMILES string of the molecule is CCc1ccc(S(=O)(=O)N(CCCl)C2CCCCC2)s1. The van der Waals surface area contributed by atoms with Gasteiger partial charge in [0.2, 0.25) is 0 Å². The van der Waals surface area contributed by atoms with Gasteiger partial charge in [0.05, 0.1) is 0 Å². The fourth-order valence-corrected chi connectivity index (χ4v) is 6.15. The van der Waals surface area contributed by atoms with Crippen LogP contribution < -0.4 is 0 Å². The highest BCUT2D eigenvalue weighted by molar-refractivity contribution is 7.91. The lowest BCUT2D eigenvalue weighted by molar-refractivity contribution is 0.262. The third kappa shape index (κ3) is 3.56. The number of nitrogens with zero attached hydrogens (tertiary/aromatic N) is 1. The molecule has 0 saturated heterocycles. The summed E-state index contributed by atoms with van der Waals surface area (Å²) >= 11 is 7.22. The standard InChI is InChI=1S/C14H22ClNO2S2/c1-2-13-8-9-14(19-13)20(17,18)16(11-10-15)12-6-4-3-5-7-12/h8-9,12H,2-7,10-11H2,1H3. The molecule has 0 aromatic carbocycles. The minimum absolute atomic E-state index is 0.125. The van der Waals surface area contributed by atoms with Gasteiger partial charge in [-0.25, -0.2) is 8.42 Å². The van der Waals surface area contributed by atoms with Gasteiger partial charge in [0.25, 0.3) is 10.0 Å². The van der Waals surface area contributed by atoms with Crippen molar-refractivity contribution in [3.05, 3.63) is 17.0 Å². The van der Waals surface area contributed by atoms with E-state index in [4.69, 9.17) is 11.6 Å². The highest BCUT2D eigenvalue weighted by atomic mass is 35.5. The van der Waals surface area contributed by atoms with E-state index < -0.39 is 10.0 Å². The number of rotatable bonds is 6. The Labute approximate surface area is 131 Å². The van der Waals surface area contributed by atoms with Crippen molar-refractivity contribution in [2.75, 3.05) is 12.4 Å². The van der Waals surface area contributed by atoms with E-state index in [9.17, 15) is 8.42 Å². The zero-order valence-corrected chi connectivity index (χ0v) is 14.2. The Morgan fingerprint density at radius 3 is 2.55 bits per heavy atom. The molecule has 0 unspecified atom stereocenters. The molecule has 3 nitrogen and oxygen atoms in total. The number of halogens is 1. The fourth-order valence-electron chi connectivity index (χ4n) is 2.75. The van der Waals surface area contributed by atoms with Crippen LogP contribution in [0.5, 0.6) is 0 Å². The van der Waals surface area contributed by atoms with Gasteiger partial charge < -0.3 is 0 Å². The minimum atomic E-state index is -3.38. The molecule has 20 heavy (non-hydrogen) atoms. The second-order valence-electron chi connectivity index (χ2n) is 5.17. The van der Waals surface area contributed by atoms with E-state index in [1.54, 1.807) is 10.4 Å². The summed E-state index contributed by atoms with van der Waals surface area (Å²) < 4.78 is 27.8. The Morgan fingerprint density at radius 1 is 1.30 bits per heavy atom. The van der Waals surface area contributed by atoms with Gasteiger partial charge in [-0.1, -0.05) is 26.2 Å². The van der Waals surface area contributed by atoms with Crippen molar-refractivity contribution in [2.45, 2.75) is 55.7 Å². The van der Waals surface area contributed by atoms with Gasteiger partial charge in [-0.2, -0.15) is 4.31 Å². The molecule has 114 valence electrons. The first-order valence-electron chi connectivity index (χ1n) is 7.26. The summed E-state index contributed by atoms with van der Waals surface area (Å²) in [5.41, 5.74) is 0. The predicted octanol–water partition coefficient (Wildman–Crippen LogP) is 3.87. The predicted molar refractivity (Wildman–Crippen MR) is 85.2 cm³/mol. The summed E-state index contributed by atoms with van der Waals surface area (Å²) in [4.78, 5) is 1.11. The lowest BCUT2D eigenvalue weighted by atomic mass is 9.95. The first kappa shape index (κ1) is 16.3. The van der Waals surface area contributed by atoms with Crippen molar-refractivity contribution >= 4 is 33.0 Å². The normalized spacial score (nSPS) is 17.8. The van der Waals surface area contributed by atoms with Crippen molar-refractivity contribution < 1.29 is 8.42 Å². The largest absolute Gasteiger partial charge is 0.252 e. The monoisotopic (exact) mass is 335 g/mol. The molecule has 1 aromatic heterocycles. The molecule has 1 aromatic rings. The van der Waals surface area contributed by atoms with Gasteiger partial charge in [-0.05, 0) is 31.4 Å². The van der Waals surface area contributed by atoms with Crippen molar-refractivity contribution in [3.8, 4) is 0 Å². The van der Waals surface area contributed by atoms with Gasteiger partial charge in [-0.3, -0.25) is 0 Å². The number of alkyl halides is 1. The molecule has 0 spiro atoms. The van der Waals surface area contributed by atoms with Crippen molar-refractivity contribution in [2.24, 2.45) is 0 Å². The average Bonchev–Trinajstić information content (AvgIpc) is 2.95. The third-order valence-corrected chi connectivity index (χ3v) is 7.65. The zero-order valence-electron chi connectivity index (χ0n) is 11.8. The number of aryl methyl sites for hydroxylation is 1. The molecular formula is C14H22ClNO2S2. The number of sulfonamides is 1. The highest BCUT2D eigenvalue weighted by Crippen LogP contribution is 2.31. The molecule has 2 rings (SSSR count). The zero-order chi connectivity index (χ0) is 14.6. The maximum absolute atomic E-state index is 12.8. The van der Waals surface area contributed by atoms with Crippen molar-refractivity contribution in [1.82, 2.24) is 4.31 Å².